The first-order chi connectivity index (χ1) is 15.5. The second-order valence-electron chi connectivity index (χ2n) is 6.96. The largest absolute Gasteiger partial charge is 0.487 e. The van der Waals surface area contributed by atoms with Gasteiger partial charge in [-0.1, -0.05) is 59.6 Å². The summed E-state index contributed by atoms with van der Waals surface area (Å²) in [6.45, 7) is 0.274. The molecule has 0 N–H and O–H groups in total. The minimum Gasteiger partial charge on any atom is -0.487 e. The lowest BCUT2D eigenvalue weighted by Crippen LogP contribution is -2.10. The molecule has 0 bridgehead atoms. The predicted molar refractivity (Wildman–Crippen MR) is 130 cm³/mol. The van der Waals surface area contributed by atoms with Crippen LogP contribution in [0.25, 0.3) is 10.9 Å². The number of nitrogens with zero attached hydrogens (tertiary/aromatic N) is 1. The van der Waals surface area contributed by atoms with Gasteiger partial charge in [-0.25, -0.2) is 9.78 Å². The van der Waals surface area contributed by atoms with Gasteiger partial charge in [0, 0.05) is 21.2 Å². The number of hydrogen-bond donors (Lipinski definition) is 0. The molecule has 0 aliphatic carbocycles. The Morgan fingerprint density at radius 1 is 0.906 bits per heavy atom. The molecule has 4 nitrogen and oxygen atoms in total. The maximum Gasteiger partial charge on any atom is 0.344 e. The summed E-state index contributed by atoms with van der Waals surface area (Å²) in [4.78, 5) is 17.6. The maximum absolute atomic E-state index is 12.8. The van der Waals surface area contributed by atoms with Gasteiger partial charge in [0.2, 0.25) is 0 Å². The predicted octanol–water partition coefficient (Wildman–Crippen LogP) is 7.20. The SMILES string of the molecule is COC(=O)c1c(SCc2ccc(Cl)cc2)nc2ccccc2c1OCc1ccc(Cl)cc1. The van der Waals surface area contributed by atoms with Gasteiger partial charge in [-0.3, -0.25) is 0 Å². The summed E-state index contributed by atoms with van der Waals surface area (Å²) in [6, 6.07) is 22.6. The van der Waals surface area contributed by atoms with E-state index in [2.05, 4.69) is 0 Å². The molecule has 0 fully saturated rings. The van der Waals surface area contributed by atoms with E-state index < -0.39 is 5.97 Å². The lowest BCUT2D eigenvalue weighted by molar-refractivity contribution is 0.0590. The maximum atomic E-state index is 12.8. The molecule has 0 spiro atoms. The molecule has 0 aliphatic rings. The summed E-state index contributed by atoms with van der Waals surface area (Å²) < 4.78 is 11.3. The van der Waals surface area contributed by atoms with E-state index in [1.807, 2.05) is 60.7 Å². The Morgan fingerprint density at radius 2 is 1.53 bits per heavy atom. The molecule has 3 aromatic carbocycles. The van der Waals surface area contributed by atoms with Crippen molar-refractivity contribution in [3.05, 3.63) is 99.5 Å². The van der Waals surface area contributed by atoms with Crippen LogP contribution in [0.5, 0.6) is 5.75 Å². The minimum absolute atomic E-state index is 0.274. The molecule has 0 aliphatic heterocycles. The molecule has 0 atom stereocenters. The molecule has 1 aromatic heterocycles. The van der Waals surface area contributed by atoms with Crippen LogP contribution in [0.1, 0.15) is 21.5 Å². The molecule has 4 rings (SSSR count). The molecule has 0 saturated heterocycles. The lowest BCUT2D eigenvalue weighted by atomic mass is 10.1. The summed E-state index contributed by atoms with van der Waals surface area (Å²) >= 11 is 13.4. The summed E-state index contributed by atoms with van der Waals surface area (Å²) in [5, 5.41) is 2.63. The Kier molecular flexibility index (Phi) is 7.20. The topological polar surface area (TPSA) is 48.4 Å². The van der Waals surface area contributed by atoms with Crippen LogP contribution in [0, 0.1) is 0 Å². The fourth-order valence-electron chi connectivity index (χ4n) is 3.17. The average Bonchev–Trinajstić information content (AvgIpc) is 2.82. The molecule has 32 heavy (non-hydrogen) atoms. The van der Waals surface area contributed by atoms with Crippen molar-refractivity contribution in [3.8, 4) is 5.75 Å². The number of carbonyl (C=O) groups excluding carboxylic acids is 1. The van der Waals surface area contributed by atoms with Crippen molar-refractivity contribution in [2.24, 2.45) is 0 Å². The van der Waals surface area contributed by atoms with Crippen molar-refractivity contribution in [2.45, 2.75) is 17.4 Å². The summed E-state index contributed by atoms with van der Waals surface area (Å²) in [5.74, 6) is 0.576. The average molecular weight is 484 g/mol. The molecular weight excluding hydrogens is 465 g/mol. The molecular formula is C25H19Cl2NO3S. The van der Waals surface area contributed by atoms with E-state index in [-0.39, 0.29) is 6.61 Å². The van der Waals surface area contributed by atoms with Gasteiger partial charge in [0.15, 0.2) is 0 Å². The number of hydrogen-bond acceptors (Lipinski definition) is 5. The second-order valence-corrected chi connectivity index (χ2v) is 8.80. The number of benzene rings is 3. The highest BCUT2D eigenvalue weighted by Crippen LogP contribution is 2.37. The number of rotatable bonds is 7. The Bertz CT molecular complexity index is 1240. The van der Waals surface area contributed by atoms with E-state index in [1.54, 1.807) is 12.1 Å². The van der Waals surface area contributed by atoms with Crippen molar-refractivity contribution in [3.63, 3.8) is 0 Å². The van der Waals surface area contributed by atoms with Crippen LogP contribution < -0.4 is 4.74 Å². The normalized spacial score (nSPS) is 10.8. The smallest absolute Gasteiger partial charge is 0.344 e. The third-order valence-corrected chi connectivity index (χ3v) is 6.34. The number of pyridine rings is 1. The number of carbonyl (C=O) groups is 1. The van der Waals surface area contributed by atoms with Gasteiger partial charge in [-0.05, 0) is 47.5 Å². The molecule has 0 radical (unpaired) electrons. The van der Waals surface area contributed by atoms with Gasteiger partial charge < -0.3 is 9.47 Å². The van der Waals surface area contributed by atoms with Gasteiger partial charge in [0.05, 0.1) is 12.6 Å². The van der Waals surface area contributed by atoms with Crippen molar-refractivity contribution >= 4 is 51.8 Å². The minimum atomic E-state index is -0.493. The van der Waals surface area contributed by atoms with E-state index in [9.17, 15) is 4.79 Å². The first-order valence-corrected chi connectivity index (χ1v) is 11.5. The van der Waals surface area contributed by atoms with E-state index in [1.165, 1.54) is 18.9 Å². The number of halogens is 2. The first-order valence-electron chi connectivity index (χ1n) is 9.80. The monoisotopic (exact) mass is 483 g/mol. The van der Waals surface area contributed by atoms with Crippen LogP contribution in [0.15, 0.2) is 77.8 Å². The Balaban J connectivity index is 1.73. The van der Waals surface area contributed by atoms with Gasteiger partial charge in [0.25, 0.3) is 0 Å². The van der Waals surface area contributed by atoms with Crippen LogP contribution in [-0.4, -0.2) is 18.1 Å². The van der Waals surface area contributed by atoms with E-state index in [0.717, 1.165) is 22.0 Å². The molecule has 0 amide bonds. The zero-order chi connectivity index (χ0) is 22.5. The van der Waals surface area contributed by atoms with Gasteiger partial charge in [0.1, 0.15) is 22.9 Å². The van der Waals surface area contributed by atoms with E-state index in [0.29, 0.717) is 32.1 Å². The lowest BCUT2D eigenvalue weighted by Gasteiger charge is -2.16. The molecule has 1 heterocycles. The third kappa shape index (κ3) is 5.18. The summed E-state index contributed by atoms with van der Waals surface area (Å²) in [5.41, 5.74) is 3.05. The van der Waals surface area contributed by atoms with Crippen LogP contribution in [-0.2, 0) is 17.1 Å². The molecule has 7 heteroatoms. The fourth-order valence-corrected chi connectivity index (χ4v) is 4.40. The molecule has 4 aromatic rings. The molecule has 0 unspecified atom stereocenters. The van der Waals surface area contributed by atoms with Crippen LogP contribution in [0.4, 0.5) is 0 Å². The van der Waals surface area contributed by atoms with Gasteiger partial charge >= 0.3 is 5.97 Å². The van der Waals surface area contributed by atoms with Crippen molar-refractivity contribution in [2.75, 3.05) is 7.11 Å². The van der Waals surface area contributed by atoms with E-state index in [4.69, 9.17) is 37.7 Å². The zero-order valence-corrected chi connectivity index (χ0v) is 19.5. The molecule has 0 saturated carbocycles. The number of ether oxygens (including phenoxy) is 2. The Morgan fingerprint density at radius 3 is 2.19 bits per heavy atom. The van der Waals surface area contributed by atoms with Crippen molar-refractivity contribution < 1.29 is 14.3 Å². The quantitative estimate of drug-likeness (QED) is 0.205. The van der Waals surface area contributed by atoms with Crippen LogP contribution in [0.3, 0.4) is 0 Å². The Labute approximate surface area is 200 Å². The number of para-hydroxylation sites is 1. The third-order valence-electron chi connectivity index (χ3n) is 4.79. The fraction of sp³-hybridized carbons (Fsp3) is 0.120. The van der Waals surface area contributed by atoms with Crippen LogP contribution in [0.2, 0.25) is 10.0 Å². The van der Waals surface area contributed by atoms with Gasteiger partial charge in [-0.15, -0.1) is 11.8 Å². The number of thioether (sulfide) groups is 1. The first kappa shape index (κ1) is 22.5. The van der Waals surface area contributed by atoms with Crippen molar-refractivity contribution in [1.29, 1.82) is 0 Å². The highest BCUT2D eigenvalue weighted by molar-refractivity contribution is 7.98. The second kappa shape index (κ2) is 10.3. The van der Waals surface area contributed by atoms with Gasteiger partial charge in [-0.2, -0.15) is 0 Å². The van der Waals surface area contributed by atoms with Crippen LogP contribution >= 0.6 is 35.0 Å². The number of fused-ring (bicyclic) bond motifs is 1. The van der Waals surface area contributed by atoms with E-state index >= 15 is 0 Å². The highest BCUT2D eigenvalue weighted by Gasteiger charge is 2.24. The standard InChI is InChI=1S/C25H19Cl2NO3S/c1-30-25(29)22-23(31-14-16-6-10-18(26)11-7-16)20-4-2-3-5-21(20)28-24(22)32-15-17-8-12-19(27)13-9-17/h2-13H,14-15H2,1H3. The highest BCUT2D eigenvalue weighted by atomic mass is 35.5. The van der Waals surface area contributed by atoms with Crippen molar-refractivity contribution in [1.82, 2.24) is 4.98 Å². The molecule has 162 valence electrons. The number of esters is 1. The zero-order valence-electron chi connectivity index (χ0n) is 17.2. The number of methoxy groups -OCH3 is 1. The Hall–Kier alpha value is -2.73. The number of aromatic nitrogens is 1. The summed E-state index contributed by atoms with van der Waals surface area (Å²) in [6.07, 6.45) is 0. The summed E-state index contributed by atoms with van der Waals surface area (Å²) in [7, 11) is 1.36.